The molecule has 1 amide bonds. The van der Waals surface area contributed by atoms with Crippen LogP contribution in [0.1, 0.15) is 59.3 Å². The minimum absolute atomic E-state index is 0.0909. The number of rotatable bonds is 6. The van der Waals surface area contributed by atoms with E-state index in [0.717, 1.165) is 19.3 Å². The monoisotopic (exact) mass is 240 g/mol. The molecule has 0 aromatic carbocycles. The van der Waals surface area contributed by atoms with Crippen molar-refractivity contribution in [2.24, 2.45) is 17.6 Å². The van der Waals surface area contributed by atoms with Crippen molar-refractivity contribution in [1.29, 1.82) is 0 Å². The number of amides is 1. The molecule has 3 nitrogen and oxygen atoms in total. The summed E-state index contributed by atoms with van der Waals surface area (Å²) in [6.07, 6.45) is 6.20. The summed E-state index contributed by atoms with van der Waals surface area (Å²) in [5.74, 6) is 1.26. The van der Waals surface area contributed by atoms with Crippen molar-refractivity contribution in [2.75, 3.05) is 6.54 Å². The number of hydrogen-bond acceptors (Lipinski definition) is 2. The second kappa shape index (κ2) is 6.39. The Hall–Kier alpha value is -0.570. The first-order valence-electron chi connectivity index (χ1n) is 7.04. The van der Waals surface area contributed by atoms with Crippen LogP contribution in [0.3, 0.4) is 0 Å². The maximum atomic E-state index is 12.1. The molecule has 1 atom stereocenters. The molecule has 3 heteroatoms. The highest BCUT2D eigenvalue weighted by Crippen LogP contribution is 2.29. The van der Waals surface area contributed by atoms with Crippen LogP contribution in [0.15, 0.2) is 0 Å². The quantitative estimate of drug-likeness (QED) is 0.749. The van der Waals surface area contributed by atoms with E-state index in [1.807, 2.05) is 0 Å². The second-order valence-electron chi connectivity index (χ2n) is 5.86. The molecule has 1 aliphatic carbocycles. The van der Waals surface area contributed by atoms with Gasteiger partial charge in [-0.25, -0.2) is 0 Å². The molecule has 1 fully saturated rings. The highest BCUT2D eigenvalue weighted by molar-refractivity contribution is 5.77. The first-order valence-corrected chi connectivity index (χ1v) is 7.04. The van der Waals surface area contributed by atoms with E-state index in [9.17, 15) is 4.79 Å². The minimum atomic E-state index is -0.0909. The van der Waals surface area contributed by atoms with Crippen LogP contribution in [-0.4, -0.2) is 18.0 Å². The summed E-state index contributed by atoms with van der Waals surface area (Å²) in [4.78, 5) is 12.1. The van der Waals surface area contributed by atoms with E-state index in [2.05, 4.69) is 26.1 Å². The van der Waals surface area contributed by atoms with Gasteiger partial charge in [-0.05, 0) is 24.7 Å². The van der Waals surface area contributed by atoms with Gasteiger partial charge in [-0.3, -0.25) is 4.79 Å². The molecule has 1 saturated carbocycles. The van der Waals surface area contributed by atoms with Crippen LogP contribution >= 0.6 is 0 Å². The average molecular weight is 240 g/mol. The van der Waals surface area contributed by atoms with Crippen molar-refractivity contribution in [3.8, 4) is 0 Å². The molecule has 17 heavy (non-hydrogen) atoms. The Morgan fingerprint density at radius 1 is 1.35 bits per heavy atom. The van der Waals surface area contributed by atoms with Crippen molar-refractivity contribution in [2.45, 2.75) is 64.8 Å². The Balaban J connectivity index is 2.47. The lowest BCUT2D eigenvalue weighted by molar-refractivity contribution is -0.124. The van der Waals surface area contributed by atoms with Gasteiger partial charge in [-0.1, -0.05) is 40.0 Å². The lowest BCUT2D eigenvalue weighted by Gasteiger charge is -2.30. The van der Waals surface area contributed by atoms with E-state index in [-0.39, 0.29) is 11.4 Å². The van der Waals surface area contributed by atoms with Crippen LogP contribution in [0.2, 0.25) is 0 Å². The molecule has 0 bridgehead atoms. The Morgan fingerprint density at radius 2 is 1.94 bits per heavy atom. The lowest BCUT2D eigenvalue weighted by Crippen LogP contribution is -2.52. The first-order chi connectivity index (χ1) is 8.03. The number of nitrogens with one attached hydrogen (secondary N) is 1. The fourth-order valence-corrected chi connectivity index (χ4v) is 2.87. The summed E-state index contributed by atoms with van der Waals surface area (Å²) in [7, 11) is 0. The number of carbonyl (C=O) groups is 1. The third kappa shape index (κ3) is 3.98. The summed E-state index contributed by atoms with van der Waals surface area (Å²) >= 11 is 0. The summed E-state index contributed by atoms with van der Waals surface area (Å²) in [5, 5.41) is 3.20. The van der Waals surface area contributed by atoms with E-state index >= 15 is 0 Å². The SMILES string of the molecule is CCC(CC(=O)NC1(CN)CCCC1)C(C)C. The van der Waals surface area contributed by atoms with Gasteiger partial charge < -0.3 is 11.1 Å². The standard InChI is InChI=1S/C14H28N2O/c1-4-12(11(2)3)9-13(17)16-14(10-15)7-5-6-8-14/h11-12H,4-10,15H2,1-3H3,(H,16,17). The van der Waals surface area contributed by atoms with Gasteiger partial charge in [0, 0.05) is 13.0 Å². The molecule has 100 valence electrons. The zero-order valence-corrected chi connectivity index (χ0v) is 11.6. The molecular formula is C14H28N2O. The fraction of sp³-hybridized carbons (Fsp3) is 0.929. The van der Waals surface area contributed by atoms with Gasteiger partial charge in [-0.2, -0.15) is 0 Å². The molecule has 1 aliphatic rings. The van der Waals surface area contributed by atoms with Crippen molar-refractivity contribution >= 4 is 5.91 Å². The molecule has 1 rings (SSSR count). The van der Waals surface area contributed by atoms with E-state index in [1.54, 1.807) is 0 Å². The molecule has 3 N–H and O–H groups in total. The van der Waals surface area contributed by atoms with Crippen molar-refractivity contribution in [3.05, 3.63) is 0 Å². The third-order valence-corrected chi connectivity index (χ3v) is 4.27. The molecular weight excluding hydrogens is 212 g/mol. The first kappa shape index (κ1) is 14.5. The third-order valence-electron chi connectivity index (χ3n) is 4.27. The summed E-state index contributed by atoms with van der Waals surface area (Å²) in [5.41, 5.74) is 5.73. The Morgan fingerprint density at radius 3 is 2.35 bits per heavy atom. The van der Waals surface area contributed by atoms with Crippen LogP contribution in [-0.2, 0) is 4.79 Å². The number of hydrogen-bond donors (Lipinski definition) is 2. The Kier molecular flexibility index (Phi) is 5.44. The van der Waals surface area contributed by atoms with Crippen LogP contribution in [0, 0.1) is 11.8 Å². The smallest absolute Gasteiger partial charge is 0.220 e. The predicted molar refractivity (Wildman–Crippen MR) is 71.6 cm³/mol. The lowest BCUT2D eigenvalue weighted by atomic mass is 9.89. The molecule has 0 aromatic rings. The summed E-state index contributed by atoms with van der Waals surface area (Å²) in [6, 6.07) is 0. The molecule has 0 radical (unpaired) electrons. The maximum absolute atomic E-state index is 12.1. The van der Waals surface area contributed by atoms with Gasteiger partial charge >= 0.3 is 0 Å². The zero-order valence-electron chi connectivity index (χ0n) is 11.6. The Labute approximate surface area is 106 Å². The molecule has 1 unspecified atom stereocenters. The molecule has 0 heterocycles. The second-order valence-corrected chi connectivity index (χ2v) is 5.86. The van der Waals surface area contributed by atoms with Crippen molar-refractivity contribution in [3.63, 3.8) is 0 Å². The molecule has 0 saturated heterocycles. The van der Waals surface area contributed by atoms with E-state index < -0.39 is 0 Å². The summed E-state index contributed by atoms with van der Waals surface area (Å²) in [6.45, 7) is 7.12. The van der Waals surface area contributed by atoms with Gasteiger partial charge in [0.15, 0.2) is 0 Å². The van der Waals surface area contributed by atoms with Gasteiger partial charge in [0.2, 0.25) is 5.91 Å². The summed E-state index contributed by atoms with van der Waals surface area (Å²) < 4.78 is 0. The number of carbonyl (C=O) groups excluding carboxylic acids is 1. The van der Waals surface area contributed by atoms with Crippen LogP contribution in [0.5, 0.6) is 0 Å². The fourth-order valence-electron chi connectivity index (χ4n) is 2.87. The van der Waals surface area contributed by atoms with Crippen molar-refractivity contribution < 1.29 is 4.79 Å². The highest BCUT2D eigenvalue weighted by Gasteiger charge is 2.34. The normalized spacial score (nSPS) is 20.5. The van der Waals surface area contributed by atoms with E-state index in [1.165, 1.54) is 12.8 Å². The molecule has 0 aromatic heterocycles. The number of nitrogens with two attached hydrogens (primary N) is 1. The largest absolute Gasteiger partial charge is 0.349 e. The average Bonchev–Trinajstić information content (AvgIpc) is 2.74. The van der Waals surface area contributed by atoms with E-state index in [0.29, 0.717) is 24.8 Å². The zero-order chi connectivity index (χ0) is 12.9. The van der Waals surface area contributed by atoms with Crippen LogP contribution in [0.4, 0.5) is 0 Å². The maximum Gasteiger partial charge on any atom is 0.220 e. The predicted octanol–water partition coefficient (Wildman–Crippen LogP) is 2.45. The van der Waals surface area contributed by atoms with Gasteiger partial charge in [0.1, 0.15) is 0 Å². The minimum Gasteiger partial charge on any atom is -0.349 e. The Bertz CT molecular complexity index is 245. The topological polar surface area (TPSA) is 55.1 Å². The van der Waals surface area contributed by atoms with Crippen LogP contribution < -0.4 is 11.1 Å². The molecule has 0 spiro atoms. The highest BCUT2D eigenvalue weighted by atomic mass is 16.1. The van der Waals surface area contributed by atoms with Gasteiger partial charge in [0.25, 0.3) is 0 Å². The van der Waals surface area contributed by atoms with Crippen molar-refractivity contribution in [1.82, 2.24) is 5.32 Å². The van der Waals surface area contributed by atoms with Gasteiger partial charge in [0.05, 0.1) is 5.54 Å². The van der Waals surface area contributed by atoms with Crippen LogP contribution in [0.25, 0.3) is 0 Å². The van der Waals surface area contributed by atoms with Gasteiger partial charge in [-0.15, -0.1) is 0 Å². The van der Waals surface area contributed by atoms with E-state index in [4.69, 9.17) is 5.73 Å². The molecule has 0 aliphatic heterocycles.